The van der Waals surface area contributed by atoms with Crippen molar-refractivity contribution in [3.63, 3.8) is 0 Å². The van der Waals surface area contributed by atoms with Crippen molar-refractivity contribution in [1.29, 1.82) is 0 Å². The first-order chi connectivity index (χ1) is 10.2. The lowest BCUT2D eigenvalue weighted by Crippen LogP contribution is -2.38. The predicted octanol–water partition coefficient (Wildman–Crippen LogP) is 2.97. The smallest absolute Gasteiger partial charge is 0.327 e. The number of carbonyl (C=O) groups is 1. The summed E-state index contributed by atoms with van der Waals surface area (Å²) < 4.78 is 23.6. The SMILES string of the molecule is COC(=O)C(NC1CCCCC1)c1ccc(OC)c(F)c1. The molecule has 1 unspecified atom stereocenters. The first kappa shape index (κ1) is 15.8. The van der Waals surface area contributed by atoms with Crippen LogP contribution in [0.25, 0.3) is 0 Å². The number of nitrogens with one attached hydrogen (secondary N) is 1. The van der Waals surface area contributed by atoms with Gasteiger partial charge in [0.25, 0.3) is 0 Å². The van der Waals surface area contributed by atoms with E-state index in [-0.39, 0.29) is 11.8 Å². The molecule has 1 atom stereocenters. The molecule has 5 heteroatoms. The Morgan fingerprint density at radius 3 is 2.57 bits per heavy atom. The van der Waals surface area contributed by atoms with E-state index in [1.807, 2.05) is 0 Å². The van der Waals surface area contributed by atoms with Crippen LogP contribution in [0, 0.1) is 5.82 Å². The van der Waals surface area contributed by atoms with E-state index in [4.69, 9.17) is 9.47 Å². The zero-order chi connectivity index (χ0) is 15.2. The highest BCUT2D eigenvalue weighted by atomic mass is 19.1. The maximum absolute atomic E-state index is 13.9. The molecule has 116 valence electrons. The van der Waals surface area contributed by atoms with Gasteiger partial charge < -0.3 is 9.47 Å². The summed E-state index contributed by atoms with van der Waals surface area (Å²) in [6.07, 6.45) is 5.61. The Balaban J connectivity index is 2.18. The lowest BCUT2D eigenvalue weighted by molar-refractivity contribution is -0.143. The minimum atomic E-state index is -0.640. The van der Waals surface area contributed by atoms with Crippen molar-refractivity contribution >= 4 is 5.97 Å². The third-order valence-corrected chi connectivity index (χ3v) is 3.95. The van der Waals surface area contributed by atoms with Crippen LogP contribution in [0.5, 0.6) is 5.75 Å². The topological polar surface area (TPSA) is 47.6 Å². The zero-order valence-electron chi connectivity index (χ0n) is 12.5. The predicted molar refractivity (Wildman–Crippen MR) is 77.7 cm³/mol. The van der Waals surface area contributed by atoms with Crippen molar-refractivity contribution in [3.8, 4) is 5.75 Å². The molecule has 0 radical (unpaired) electrons. The average Bonchev–Trinajstić information content (AvgIpc) is 2.53. The highest BCUT2D eigenvalue weighted by molar-refractivity contribution is 5.77. The molecule has 1 aliphatic rings. The van der Waals surface area contributed by atoms with E-state index < -0.39 is 17.8 Å². The van der Waals surface area contributed by atoms with Crippen LogP contribution < -0.4 is 10.1 Å². The van der Waals surface area contributed by atoms with Crippen LogP contribution in [0.2, 0.25) is 0 Å². The molecule has 2 rings (SSSR count). The molecular formula is C16H22FNO3. The van der Waals surface area contributed by atoms with Crippen LogP contribution in [0.3, 0.4) is 0 Å². The number of halogens is 1. The summed E-state index contributed by atoms with van der Waals surface area (Å²) in [5, 5.41) is 3.31. The van der Waals surface area contributed by atoms with Crippen LogP contribution in [-0.4, -0.2) is 26.2 Å². The van der Waals surface area contributed by atoms with E-state index in [1.165, 1.54) is 32.8 Å². The molecule has 0 aromatic heterocycles. The lowest BCUT2D eigenvalue weighted by atomic mass is 9.94. The second kappa shape index (κ2) is 7.41. The Hall–Kier alpha value is -1.62. The van der Waals surface area contributed by atoms with Gasteiger partial charge in [-0.2, -0.15) is 0 Å². The fourth-order valence-electron chi connectivity index (χ4n) is 2.79. The third kappa shape index (κ3) is 3.94. The van der Waals surface area contributed by atoms with Crippen molar-refractivity contribution in [3.05, 3.63) is 29.6 Å². The minimum absolute atomic E-state index is 0.167. The van der Waals surface area contributed by atoms with Gasteiger partial charge in [0.15, 0.2) is 11.6 Å². The van der Waals surface area contributed by atoms with Gasteiger partial charge in [-0.15, -0.1) is 0 Å². The summed E-state index contributed by atoms with van der Waals surface area (Å²) in [5.41, 5.74) is 0.561. The maximum atomic E-state index is 13.9. The summed E-state index contributed by atoms with van der Waals surface area (Å²) in [7, 11) is 2.76. The van der Waals surface area contributed by atoms with Gasteiger partial charge in [-0.3, -0.25) is 5.32 Å². The highest BCUT2D eigenvalue weighted by Crippen LogP contribution is 2.25. The number of methoxy groups -OCH3 is 2. The quantitative estimate of drug-likeness (QED) is 0.848. The average molecular weight is 295 g/mol. The second-order valence-electron chi connectivity index (χ2n) is 5.35. The molecule has 1 N–H and O–H groups in total. The monoisotopic (exact) mass is 295 g/mol. The number of rotatable bonds is 5. The van der Waals surface area contributed by atoms with Gasteiger partial charge in [-0.25, -0.2) is 9.18 Å². The highest BCUT2D eigenvalue weighted by Gasteiger charge is 2.26. The number of carbonyl (C=O) groups excluding carboxylic acids is 1. The Bertz CT molecular complexity index is 486. The van der Waals surface area contributed by atoms with Gasteiger partial charge in [0, 0.05) is 6.04 Å². The molecule has 1 fully saturated rings. The first-order valence-electron chi connectivity index (χ1n) is 7.33. The first-order valence-corrected chi connectivity index (χ1v) is 7.33. The molecule has 0 saturated heterocycles. The summed E-state index contributed by atoms with van der Waals surface area (Å²) in [6.45, 7) is 0. The van der Waals surface area contributed by atoms with Crippen molar-refractivity contribution in [2.75, 3.05) is 14.2 Å². The summed E-state index contributed by atoms with van der Waals surface area (Å²) in [6, 6.07) is 4.19. The van der Waals surface area contributed by atoms with Gasteiger partial charge in [0.2, 0.25) is 0 Å². The summed E-state index contributed by atoms with van der Waals surface area (Å²) in [4.78, 5) is 12.0. The molecule has 0 amide bonds. The Morgan fingerprint density at radius 2 is 2.00 bits per heavy atom. The van der Waals surface area contributed by atoms with Crippen LogP contribution in [0.4, 0.5) is 4.39 Å². The Labute approximate surface area is 124 Å². The molecule has 21 heavy (non-hydrogen) atoms. The van der Waals surface area contributed by atoms with E-state index >= 15 is 0 Å². The number of esters is 1. The second-order valence-corrected chi connectivity index (χ2v) is 5.35. The third-order valence-electron chi connectivity index (χ3n) is 3.95. The molecule has 1 aliphatic carbocycles. The van der Waals surface area contributed by atoms with Crippen molar-refractivity contribution in [1.82, 2.24) is 5.32 Å². The lowest BCUT2D eigenvalue weighted by Gasteiger charge is -2.27. The van der Waals surface area contributed by atoms with E-state index in [1.54, 1.807) is 6.07 Å². The molecule has 0 bridgehead atoms. The van der Waals surface area contributed by atoms with Gasteiger partial charge >= 0.3 is 5.97 Å². The molecule has 1 aromatic carbocycles. The summed E-state index contributed by atoms with van der Waals surface area (Å²) >= 11 is 0. The molecule has 1 aromatic rings. The number of hydrogen-bond acceptors (Lipinski definition) is 4. The van der Waals surface area contributed by atoms with Crippen LogP contribution in [0.1, 0.15) is 43.7 Å². The largest absolute Gasteiger partial charge is 0.494 e. The van der Waals surface area contributed by atoms with Crippen LogP contribution in [-0.2, 0) is 9.53 Å². The van der Waals surface area contributed by atoms with E-state index in [9.17, 15) is 9.18 Å². The van der Waals surface area contributed by atoms with Crippen LogP contribution in [0.15, 0.2) is 18.2 Å². The number of benzene rings is 1. The van der Waals surface area contributed by atoms with Gasteiger partial charge in [-0.05, 0) is 30.5 Å². The molecule has 0 heterocycles. The molecule has 0 spiro atoms. The number of ether oxygens (including phenoxy) is 2. The standard InChI is InChI=1S/C16H22FNO3/c1-20-14-9-8-11(10-13(14)17)15(16(19)21-2)18-12-6-4-3-5-7-12/h8-10,12,15,18H,3-7H2,1-2H3. The maximum Gasteiger partial charge on any atom is 0.327 e. The Morgan fingerprint density at radius 1 is 1.29 bits per heavy atom. The molecular weight excluding hydrogens is 273 g/mol. The van der Waals surface area contributed by atoms with Crippen LogP contribution >= 0.6 is 0 Å². The van der Waals surface area contributed by atoms with E-state index in [0.717, 1.165) is 25.7 Å². The van der Waals surface area contributed by atoms with Crippen molar-refractivity contribution in [2.24, 2.45) is 0 Å². The van der Waals surface area contributed by atoms with Crippen molar-refractivity contribution < 1.29 is 18.7 Å². The van der Waals surface area contributed by atoms with E-state index in [0.29, 0.717) is 5.56 Å². The Kier molecular flexibility index (Phi) is 5.56. The van der Waals surface area contributed by atoms with Gasteiger partial charge in [0.05, 0.1) is 14.2 Å². The summed E-state index contributed by atoms with van der Waals surface area (Å²) in [5.74, 6) is -0.709. The molecule has 1 saturated carbocycles. The molecule has 0 aliphatic heterocycles. The fourth-order valence-corrected chi connectivity index (χ4v) is 2.79. The normalized spacial score (nSPS) is 17.3. The van der Waals surface area contributed by atoms with Crippen molar-refractivity contribution in [2.45, 2.75) is 44.2 Å². The van der Waals surface area contributed by atoms with Gasteiger partial charge in [0.1, 0.15) is 6.04 Å². The molecule has 4 nitrogen and oxygen atoms in total. The van der Waals surface area contributed by atoms with Gasteiger partial charge in [-0.1, -0.05) is 25.3 Å². The zero-order valence-corrected chi connectivity index (χ0v) is 12.5. The minimum Gasteiger partial charge on any atom is -0.494 e. The van der Waals surface area contributed by atoms with E-state index in [2.05, 4.69) is 5.32 Å². The number of hydrogen-bond donors (Lipinski definition) is 1. The fraction of sp³-hybridized carbons (Fsp3) is 0.562.